The monoisotopic (exact) mass is 229 g/mol. The Bertz CT molecular complexity index is 570. The molecule has 0 spiro atoms. The maximum atomic E-state index is 3.23. The van der Waals surface area contributed by atoms with Gasteiger partial charge in [0, 0.05) is 0 Å². The van der Waals surface area contributed by atoms with Crippen LogP contribution in [-0.4, -0.2) is 0 Å². The Morgan fingerprint density at radius 3 is 1.39 bits per heavy atom. The summed E-state index contributed by atoms with van der Waals surface area (Å²) in [5, 5.41) is 0. The summed E-state index contributed by atoms with van der Waals surface area (Å²) in [5.74, 6) is 0. The van der Waals surface area contributed by atoms with Gasteiger partial charge in [0.05, 0.1) is 0 Å². The van der Waals surface area contributed by atoms with E-state index < -0.39 is 0 Å². The molecule has 0 aliphatic carbocycles. The zero-order chi connectivity index (χ0) is 12.2. The quantitative estimate of drug-likeness (QED) is 0.591. The highest BCUT2D eigenvalue weighted by Gasteiger charge is 2.00. The van der Waals surface area contributed by atoms with Crippen molar-refractivity contribution in [2.24, 2.45) is 0 Å². The second kappa shape index (κ2) is 4.89. The molecule has 0 bridgehead atoms. The first-order chi connectivity index (χ1) is 8.93. The summed E-state index contributed by atoms with van der Waals surface area (Å²) in [4.78, 5) is 0. The van der Waals surface area contributed by atoms with Crippen molar-refractivity contribution in [1.82, 2.24) is 0 Å². The van der Waals surface area contributed by atoms with Gasteiger partial charge in [-0.1, -0.05) is 60.7 Å². The van der Waals surface area contributed by atoms with Gasteiger partial charge in [-0.05, 0) is 46.5 Å². The van der Waals surface area contributed by atoms with Crippen molar-refractivity contribution in [2.75, 3.05) is 0 Å². The van der Waals surface area contributed by atoms with Crippen LogP contribution in [0, 0.1) is 6.07 Å². The lowest BCUT2D eigenvalue weighted by Gasteiger charge is -2.05. The molecule has 0 amide bonds. The number of hydrogen-bond donors (Lipinski definition) is 0. The van der Waals surface area contributed by atoms with Gasteiger partial charge in [0.2, 0.25) is 0 Å². The topological polar surface area (TPSA) is 0 Å². The average molecular weight is 229 g/mol. The summed E-state index contributed by atoms with van der Waals surface area (Å²) in [5.41, 5.74) is 4.87. The second-order valence-electron chi connectivity index (χ2n) is 4.24. The Morgan fingerprint density at radius 2 is 0.944 bits per heavy atom. The molecule has 1 radical (unpaired) electrons. The largest absolute Gasteiger partial charge is 0.0622 e. The SMILES string of the molecule is [c]1cc(-c2ccccc2)cc(-c2ccccc2)c1. The molecule has 0 atom stereocenters. The Hall–Kier alpha value is -2.34. The van der Waals surface area contributed by atoms with E-state index in [0.29, 0.717) is 0 Å². The van der Waals surface area contributed by atoms with Crippen LogP contribution in [0.2, 0.25) is 0 Å². The normalized spacial score (nSPS) is 10.2. The Kier molecular flexibility index (Phi) is 2.93. The Balaban J connectivity index is 2.05. The highest BCUT2D eigenvalue weighted by atomic mass is 14.0. The molecule has 85 valence electrons. The summed E-state index contributed by atoms with van der Waals surface area (Å²) in [6.07, 6.45) is 0. The van der Waals surface area contributed by atoms with E-state index in [1.165, 1.54) is 22.3 Å². The lowest BCUT2D eigenvalue weighted by molar-refractivity contribution is 1.58. The molecule has 18 heavy (non-hydrogen) atoms. The van der Waals surface area contributed by atoms with E-state index in [-0.39, 0.29) is 0 Å². The third-order valence-electron chi connectivity index (χ3n) is 3.00. The van der Waals surface area contributed by atoms with Gasteiger partial charge in [-0.15, -0.1) is 0 Å². The molecule has 0 unspecified atom stereocenters. The summed E-state index contributed by atoms with van der Waals surface area (Å²) >= 11 is 0. The standard InChI is InChI=1S/C18H13/c1-3-8-15(9-4-1)17-12-7-13-18(14-17)16-10-5-2-6-11-16/h1-6,8-14H. The van der Waals surface area contributed by atoms with E-state index in [4.69, 9.17) is 0 Å². The highest BCUT2D eigenvalue weighted by Crippen LogP contribution is 2.25. The fraction of sp³-hybridized carbons (Fsp3) is 0. The van der Waals surface area contributed by atoms with Crippen LogP contribution >= 0.6 is 0 Å². The molecular formula is C18H13. The molecule has 0 aromatic heterocycles. The first-order valence-corrected chi connectivity index (χ1v) is 6.05. The van der Waals surface area contributed by atoms with E-state index in [1.54, 1.807) is 0 Å². The van der Waals surface area contributed by atoms with Crippen LogP contribution in [0.15, 0.2) is 78.9 Å². The molecule has 0 fully saturated rings. The van der Waals surface area contributed by atoms with Crippen molar-refractivity contribution in [3.05, 3.63) is 84.9 Å². The van der Waals surface area contributed by atoms with Gasteiger partial charge < -0.3 is 0 Å². The van der Waals surface area contributed by atoms with Crippen LogP contribution in [-0.2, 0) is 0 Å². The molecule has 3 aromatic carbocycles. The number of hydrogen-bond acceptors (Lipinski definition) is 0. The zero-order valence-corrected chi connectivity index (χ0v) is 10.0. The van der Waals surface area contributed by atoms with Crippen LogP contribution in [0.4, 0.5) is 0 Å². The van der Waals surface area contributed by atoms with Gasteiger partial charge in [0.25, 0.3) is 0 Å². The minimum atomic E-state index is 1.21. The van der Waals surface area contributed by atoms with Crippen LogP contribution in [0.5, 0.6) is 0 Å². The molecule has 0 aliphatic heterocycles. The molecule has 0 nitrogen and oxygen atoms in total. The smallest absolute Gasteiger partial charge is 0.0171 e. The van der Waals surface area contributed by atoms with Gasteiger partial charge in [0.15, 0.2) is 0 Å². The van der Waals surface area contributed by atoms with Gasteiger partial charge in [0.1, 0.15) is 0 Å². The van der Waals surface area contributed by atoms with Gasteiger partial charge in [-0.2, -0.15) is 0 Å². The summed E-state index contributed by atoms with van der Waals surface area (Å²) < 4.78 is 0. The van der Waals surface area contributed by atoms with Gasteiger partial charge in [-0.25, -0.2) is 0 Å². The van der Waals surface area contributed by atoms with Crippen LogP contribution in [0.1, 0.15) is 0 Å². The first kappa shape index (κ1) is 10.8. The lowest BCUT2D eigenvalue weighted by atomic mass is 9.99. The lowest BCUT2D eigenvalue weighted by Crippen LogP contribution is -1.80. The summed E-state index contributed by atoms with van der Waals surface area (Å²) in [6.45, 7) is 0. The fourth-order valence-corrected chi connectivity index (χ4v) is 2.07. The van der Waals surface area contributed by atoms with E-state index in [2.05, 4.69) is 60.7 Å². The molecule has 0 saturated carbocycles. The van der Waals surface area contributed by atoms with Crippen molar-refractivity contribution < 1.29 is 0 Å². The van der Waals surface area contributed by atoms with Crippen molar-refractivity contribution in [3.63, 3.8) is 0 Å². The van der Waals surface area contributed by atoms with Gasteiger partial charge >= 0.3 is 0 Å². The molecular weight excluding hydrogens is 216 g/mol. The van der Waals surface area contributed by atoms with Crippen LogP contribution < -0.4 is 0 Å². The second-order valence-corrected chi connectivity index (χ2v) is 4.24. The van der Waals surface area contributed by atoms with E-state index in [0.717, 1.165) is 0 Å². The third-order valence-corrected chi connectivity index (χ3v) is 3.00. The maximum Gasteiger partial charge on any atom is -0.0171 e. The minimum Gasteiger partial charge on any atom is -0.0622 e. The summed E-state index contributed by atoms with van der Waals surface area (Å²) in [6, 6.07) is 30.3. The average Bonchev–Trinajstić information content (AvgIpc) is 2.49. The van der Waals surface area contributed by atoms with E-state index in [1.807, 2.05) is 24.3 Å². The predicted molar refractivity (Wildman–Crippen MR) is 76.2 cm³/mol. The third kappa shape index (κ3) is 2.18. The highest BCUT2D eigenvalue weighted by molar-refractivity contribution is 5.72. The predicted octanol–water partition coefficient (Wildman–Crippen LogP) is 4.82. The minimum absolute atomic E-state index is 1.21. The Morgan fingerprint density at radius 1 is 0.500 bits per heavy atom. The molecule has 0 saturated heterocycles. The molecule has 0 heteroatoms. The fourth-order valence-electron chi connectivity index (χ4n) is 2.07. The molecule has 3 aromatic rings. The van der Waals surface area contributed by atoms with Crippen molar-refractivity contribution in [3.8, 4) is 22.3 Å². The van der Waals surface area contributed by atoms with Crippen molar-refractivity contribution in [2.45, 2.75) is 0 Å². The zero-order valence-electron chi connectivity index (χ0n) is 10.0. The van der Waals surface area contributed by atoms with Crippen LogP contribution in [0.3, 0.4) is 0 Å². The molecule has 0 aliphatic rings. The van der Waals surface area contributed by atoms with Crippen molar-refractivity contribution >= 4 is 0 Å². The molecule has 3 rings (SSSR count). The molecule has 0 heterocycles. The number of benzene rings is 3. The Labute approximate surface area is 108 Å². The molecule has 0 N–H and O–H groups in total. The van der Waals surface area contributed by atoms with Gasteiger partial charge in [-0.3, -0.25) is 0 Å². The number of rotatable bonds is 2. The maximum absolute atomic E-state index is 3.23. The van der Waals surface area contributed by atoms with Crippen LogP contribution in [0.25, 0.3) is 22.3 Å². The summed E-state index contributed by atoms with van der Waals surface area (Å²) in [7, 11) is 0. The van der Waals surface area contributed by atoms with E-state index >= 15 is 0 Å². The van der Waals surface area contributed by atoms with E-state index in [9.17, 15) is 0 Å². The van der Waals surface area contributed by atoms with Crippen molar-refractivity contribution in [1.29, 1.82) is 0 Å². The first-order valence-electron chi connectivity index (χ1n) is 6.05.